The van der Waals surface area contributed by atoms with Gasteiger partial charge >= 0.3 is 0 Å². The average Bonchev–Trinajstić information content (AvgIpc) is 3.02. The summed E-state index contributed by atoms with van der Waals surface area (Å²) in [7, 11) is -3.84. The molecule has 6 nitrogen and oxygen atoms in total. The van der Waals surface area contributed by atoms with Crippen molar-refractivity contribution in [2.75, 3.05) is 17.4 Å². The minimum Gasteiger partial charge on any atom is -0.309 e. The van der Waals surface area contributed by atoms with Crippen LogP contribution >= 0.6 is 0 Å². The lowest BCUT2D eigenvalue weighted by Crippen LogP contribution is -2.37. The molecule has 24 heavy (non-hydrogen) atoms. The molecule has 2 aliphatic rings. The first kappa shape index (κ1) is 15.6. The minimum absolute atomic E-state index is 0.170. The van der Waals surface area contributed by atoms with Crippen LogP contribution < -0.4 is 9.62 Å². The van der Waals surface area contributed by atoms with Crippen LogP contribution in [0.25, 0.3) is 0 Å². The highest BCUT2D eigenvalue weighted by molar-refractivity contribution is 7.92. The van der Waals surface area contributed by atoms with Crippen molar-refractivity contribution in [2.24, 2.45) is 0 Å². The molecule has 2 aromatic rings. The Hall–Kier alpha value is -1.93. The van der Waals surface area contributed by atoms with Gasteiger partial charge in [0.25, 0.3) is 10.0 Å². The van der Waals surface area contributed by atoms with Gasteiger partial charge in [-0.3, -0.25) is 8.99 Å². The molecule has 1 aromatic heterocycles. The fourth-order valence-electron chi connectivity index (χ4n) is 3.43. The Bertz CT molecular complexity index is 907. The maximum absolute atomic E-state index is 14.7. The summed E-state index contributed by atoms with van der Waals surface area (Å²) in [6.45, 7) is 3.78. The van der Waals surface area contributed by atoms with Gasteiger partial charge in [-0.05, 0) is 30.9 Å². The number of nitrogens with one attached hydrogen (secondary N) is 1. The summed E-state index contributed by atoms with van der Waals surface area (Å²) >= 11 is 0. The molecular weight excluding hydrogens is 331 g/mol. The molecule has 1 aromatic carbocycles. The standard InChI is InChI=1S/C16H19FN4O2S/c1-11-4-5-12-3-2-7-21(16(12)15(11)17)24(22,23)14-10-19-20-8-6-18-9-13(14)20/h4-5,10,18H,2-3,6-9H2,1H3. The Labute approximate surface area is 140 Å². The van der Waals surface area contributed by atoms with Gasteiger partial charge in [-0.25, -0.2) is 12.8 Å². The second-order valence-corrected chi connectivity index (χ2v) is 8.07. The van der Waals surface area contributed by atoms with Crippen molar-refractivity contribution in [1.82, 2.24) is 15.1 Å². The third kappa shape index (κ3) is 2.24. The van der Waals surface area contributed by atoms with E-state index in [4.69, 9.17) is 0 Å². The zero-order valence-electron chi connectivity index (χ0n) is 13.4. The van der Waals surface area contributed by atoms with Crippen molar-refractivity contribution in [3.8, 4) is 0 Å². The summed E-state index contributed by atoms with van der Waals surface area (Å²) < 4.78 is 44.1. The first-order valence-corrected chi connectivity index (χ1v) is 9.50. The van der Waals surface area contributed by atoms with Crippen molar-refractivity contribution in [1.29, 1.82) is 0 Å². The number of rotatable bonds is 2. The summed E-state index contributed by atoms with van der Waals surface area (Å²) in [5.74, 6) is -0.449. The molecule has 0 amide bonds. The number of hydrogen-bond acceptors (Lipinski definition) is 4. The summed E-state index contributed by atoms with van der Waals surface area (Å²) in [5, 5.41) is 7.36. The lowest BCUT2D eigenvalue weighted by molar-refractivity contribution is 0.470. The van der Waals surface area contributed by atoms with E-state index in [1.54, 1.807) is 17.7 Å². The molecular formula is C16H19FN4O2S. The number of anilines is 1. The highest BCUT2D eigenvalue weighted by atomic mass is 32.2. The van der Waals surface area contributed by atoms with Crippen LogP contribution in [0.1, 0.15) is 23.2 Å². The Balaban J connectivity index is 1.86. The van der Waals surface area contributed by atoms with E-state index in [0.29, 0.717) is 37.2 Å². The average molecular weight is 350 g/mol. The lowest BCUT2D eigenvalue weighted by atomic mass is 10.0. The monoisotopic (exact) mass is 350 g/mol. The van der Waals surface area contributed by atoms with Crippen LogP contribution in [-0.4, -0.2) is 31.3 Å². The van der Waals surface area contributed by atoms with Crippen molar-refractivity contribution >= 4 is 15.7 Å². The largest absolute Gasteiger partial charge is 0.309 e. The fraction of sp³-hybridized carbons (Fsp3) is 0.438. The topological polar surface area (TPSA) is 67.2 Å². The number of benzene rings is 1. The predicted octanol–water partition coefficient (Wildman–Crippen LogP) is 1.58. The van der Waals surface area contributed by atoms with Crippen LogP contribution in [0.3, 0.4) is 0 Å². The van der Waals surface area contributed by atoms with Gasteiger partial charge < -0.3 is 5.32 Å². The zero-order valence-corrected chi connectivity index (χ0v) is 14.2. The van der Waals surface area contributed by atoms with Crippen molar-refractivity contribution in [2.45, 2.75) is 37.8 Å². The van der Waals surface area contributed by atoms with Crippen LogP contribution in [0, 0.1) is 12.7 Å². The molecule has 0 bridgehead atoms. The molecule has 0 unspecified atom stereocenters. The third-order valence-electron chi connectivity index (χ3n) is 4.72. The van der Waals surface area contributed by atoms with Gasteiger partial charge in [-0.1, -0.05) is 12.1 Å². The third-order valence-corrected chi connectivity index (χ3v) is 6.56. The van der Waals surface area contributed by atoms with Crippen LogP contribution in [0.2, 0.25) is 0 Å². The van der Waals surface area contributed by atoms with Crippen LogP contribution in [-0.2, 0) is 29.5 Å². The van der Waals surface area contributed by atoms with Crippen LogP contribution in [0.15, 0.2) is 23.2 Å². The Kier molecular flexibility index (Phi) is 3.61. The summed E-state index contributed by atoms with van der Waals surface area (Å²) in [6, 6.07) is 3.53. The van der Waals surface area contributed by atoms with Gasteiger partial charge in [0, 0.05) is 19.6 Å². The molecule has 128 valence electrons. The second-order valence-electron chi connectivity index (χ2n) is 6.24. The van der Waals surface area contributed by atoms with E-state index in [0.717, 1.165) is 12.1 Å². The molecule has 0 atom stereocenters. The molecule has 4 rings (SSSR count). The summed E-state index contributed by atoms with van der Waals surface area (Å²) in [4.78, 5) is 0.170. The number of sulfonamides is 1. The van der Waals surface area contributed by atoms with Crippen molar-refractivity contribution in [3.05, 3.63) is 41.0 Å². The Morgan fingerprint density at radius 2 is 2.12 bits per heavy atom. The quantitative estimate of drug-likeness (QED) is 0.893. The molecule has 0 spiro atoms. The molecule has 3 heterocycles. The summed E-state index contributed by atoms with van der Waals surface area (Å²) in [6.07, 6.45) is 2.75. The molecule has 0 radical (unpaired) electrons. The van der Waals surface area contributed by atoms with E-state index in [9.17, 15) is 12.8 Å². The van der Waals surface area contributed by atoms with Gasteiger partial charge in [0.2, 0.25) is 0 Å². The van der Waals surface area contributed by atoms with E-state index >= 15 is 0 Å². The number of nitrogens with zero attached hydrogens (tertiary/aromatic N) is 3. The lowest BCUT2D eigenvalue weighted by Gasteiger charge is -2.31. The first-order chi connectivity index (χ1) is 11.5. The van der Waals surface area contributed by atoms with Gasteiger partial charge in [-0.15, -0.1) is 0 Å². The van der Waals surface area contributed by atoms with E-state index in [1.165, 1.54) is 10.5 Å². The van der Waals surface area contributed by atoms with Crippen molar-refractivity contribution < 1.29 is 12.8 Å². The number of fused-ring (bicyclic) bond motifs is 2. The highest BCUT2D eigenvalue weighted by Crippen LogP contribution is 2.36. The summed E-state index contributed by atoms with van der Waals surface area (Å²) in [5.41, 5.74) is 2.04. The first-order valence-electron chi connectivity index (χ1n) is 8.06. The molecule has 0 saturated carbocycles. The van der Waals surface area contributed by atoms with Gasteiger partial charge in [0.15, 0.2) is 5.82 Å². The molecule has 0 fully saturated rings. The Morgan fingerprint density at radius 1 is 1.29 bits per heavy atom. The van der Waals surface area contributed by atoms with E-state index < -0.39 is 15.8 Å². The number of aromatic nitrogens is 2. The number of hydrogen-bond donors (Lipinski definition) is 1. The number of halogens is 1. The molecule has 1 N–H and O–H groups in total. The molecule has 2 aliphatic heterocycles. The maximum atomic E-state index is 14.7. The number of aryl methyl sites for hydroxylation is 2. The van der Waals surface area contributed by atoms with Gasteiger partial charge in [-0.2, -0.15) is 5.10 Å². The molecule has 8 heteroatoms. The van der Waals surface area contributed by atoms with Crippen LogP contribution in [0.4, 0.5) is 10.1 Å². The maximum Gasteiger partial charge on any atom is 0.267 e. The second kappa shape index (κ2) is 5.56. The van der Waals surface area contributed by atoms with Gasteiger partial charge in [0.1, 0.15) is 4.90 Å². The van der Waals surface area contributed by atoms with Crippen LogP contribution in [0.5, 0.6) is 0 Å². The molecule has 0 aliphatic carbocycles. The zero-order chi connectivity index (χ0) is 16.9. The molecule has 0 saturated heterocycles. The smallest absolute Gasteiger partial charge is 0.267 e. The van der Waals surface area contributed by atoms with Crippen molar-refractivity contribution in [3.63, 3.8) is 0 Å². The Morgan fingerprint density at radius 3 is 2.96 bits per heavy atom. The predicted molar refractivity (Wildman–Crippen MR) is 87.9 cm³/mol. The fourth-order valence-corrected chi connectivity index (χ4v) is 5.13. The highest BCUT2D eigenvalue weighted by Gasteiger charge is 2.35. The van der Waals surface area contributed by atoms with E-state index in [-0.39, 0.29) is 17.1 Å². The SMILES string of the molecule is Cc1ccc2c(c1F)N(S(=O)(=O)c1cnn3c1CNCC3)CCC2. The minimum atomic E-state index is -3.84. The van der Waals surface area contributed by atoms with E-state index in [2.05, 4.69) is 10.4 Å². The normalized spacial score (nSPS) is 17.5. The van der Waals surface area contributed by atoms with E-state index in [1.807, 2.05) is 6.07 Å². The van der Waals surface area contributed by atoms with Gasteiger partial charge in [0.05, 0.1) is 24.1 Å².